The summed E-state index contributed by atoms with van der Waals surface area (Å²) in [6, 6.07) is 12.2. The second-order valence-corrected chi connectivity index (χ2v) is 5.41. The van der Waals surface area contributed by atoms with Crippen molar-refractivity contribution in [1.82, 2.24) is 0 Å². The molecule has 0 amide bonds. The van der Waals surface area contributed by atoms with Gasteiger partial charge >= 0.3 is 6.18 Å². The van der Waals surface area contributed by atoms with Gasteiger partial charge in [-0.05, 0) is 31.2 Å². The SMILES string of the molecule is COc1ccc(N=C/C(C(=O)C(F)(F)F)=C(\O)c2ccc(C)cc2)cc1. The molecule has 0 atom stereocenters. The van der Waals surface area contributed by atoms with E-state index in [1.54, 1.807) is 31.2 Å². The Kier molecular flexibility index (Phi) is 5.82. The van der Waals surface area contributed by atoms with Crippen LogP contribution in [-0.2, 0) is 4.79 Å². The van der Waals surface area contributed by atoms with E-state index in [0.29, 0.717) is 17.7 Å². The quantitative estimate of drug-likeness (QED) is 0.471. The molecule has 1 N–H and O–H groups in total. The minimum Gasteiger partial charge on any atom is -0.506 e. The molecule has 26 heavy (non-hydrogen) atoms. The van der Waals surface area contributed by atoms with Crippen molar-refractivity contribution in [1.29, 1.82) is 0 Å². The predicted molar refractivity (Wildman–Crippen MR) is 92.9 cm³/mol. The van der Waals surface area contributed by atoms with Crippen LogP contribution < -0.4 is 4.74 Å². The van der Waals surface area contributed by atoms with Gasteiger partial charge in [0.25, 0.3) is 5.78 Å². The molecule has 2 aromatic rings. The zero-order valence-electron chi connectivity index (χ0n) is 14.0. The number of carbonyl (C=O) groups excluding carboxylic acids is 1. The molecule has 0 aromatic heterocycles. The third kappa shape index (κ3) is 4.72. The van der Waals surface area contributed by atoms with E-state index in [-0.39, 0.29) is 5.56 Å². The summed E-state index contributed by atoms with van der Waals surface area (Å²) in [5.74, 6) is -2.41. The number of aryl methyl sites for hydroxylation is 1. The molecule has 0 aliphatic rings. The summed E-state index contributed by atoms with van der Waals surface area (Å²) in [7, 11) is 1.47. The highest BCUT2D eigenvalue weighted by Crippen LogP contribution is 2.26. The Morgan fingerprint density at radius 1 is 1.08 bits per heavy atom. The lowest BCUT2D eigenvalue weighted by atomic mass is 10.0. The number of ketones is 1. The minimum absolute atomic E-state index is 0.0874. The molecule has 136 valence electrons. The molecule has 0 saturated heterocycles. The fourth-order valence-electron chi connectivity index (χ4n) is 2.05. The van der Waals surface area contributed by atoms with Gasteiger partial charge in [-0.2, -0.15) is 13.2 Å². The summed E-state index contributed by atoms with van der Waals surface area (Å²) in [6.07, 6.45) is -4.42. The van der Waals surface area contributed by atoms with E-state index in [0.717, 1.165) is 5.56 Å². The summed E-state index contributed by atoms with van der Waals surface area (Å²) < 4.78 is 43.7. The minimum atomic E-state index is -5.14. The number of benzene rings is 2. The average molecular weight is 363 g/mol. The highest BCUT2D eigenvalue weighted by Gasteiger charge is 2.41. The van der Waals surface area contributed by atoms with Crippen LogP contribution in [0.1, 0.15) is 11.1 Å². The van der Waals surface area contributed by atoms with Gasteiger partial charge < -0.3 is 9.84 Å². The molecule has 7 heteroatoms. The number of allylic oxidation sites excluding steroid dienone is 1. The molecule has 0 bridgehead atoms. The molecular formula is C19H16F3NO3. The second kappa shape index (κ2) is 7.86. The molecule has 0 heterocycles. The lowest BCUT2D eigenvalue weighted by Crippen LogP contribution is -2.26. The normalized spacial score (nSPS) is 12.8. The molecular weight excluding hydrogens is 347 g/mol. The smallest absolute Gasteiger partial charge is 0.455 e. The number of Topliss-reactive ketones (excluding diaryl/α,β-unsaturated/α-hetero) is 1. The molecule has 0 saturated carbocycles. The number of methoxy groups -OCH3 is 1. The molecule has 2 aromatic carbocycles. The number of rotatable bonds is 5. The van der Waals surface area contributed by atoms with E-state index in [1.165, 1.54) is 31.4 Å². The van der Waals surface area contributed by atoms with Gasteiger partial charge in [0.1, 0.15) is 11.5 Å². The topological polar surface area (TPSA) is 58.9 Å². The largest absolute Gasteiger partial charge is 0.506 e. The molecule has 0 unspecified atom stereocenters. The summed E-state index contributed by atoms with van der Waals surface area (Å²) in [6.45, 7) is 1.79. The van der Waals surface area contributed by atoms with Crippen LogP contribution in [0.4, 0.5) is 18.9 Å². The fraction of sp³-hybridized carbons (Fsp3) is 0.158. The van der Waals surface area contributed by atoms with Crippen molar-refractivity contribution in [3.63, 3.8) is 0 Å². The first-order valence-electron chi connectivity index (χ1n) is 7.52. The standard InChI is InChI=1S/C19H16F3NO3/c1-12-3-5-13(6-4-12)17(24)16(18(25)19(20,21)22)11-23-14-7-9-15(26-2)10-8-14/h3-11,24H,1-2H3/b17-16+,23-11?. The first-order chi connectivity index (χ1) is 12.2. The van der Waals surface area contributed by atoms with Crippen molar-refractivity contribution in [3.8, 4) is 5.75 Å². The Labute approximate surface area is 148 Å². The van der Waals surface area contributed by atoms with Crippen LogP contribution in [0.3, 0.4) is 0 Å². The van der Waals surface area contributed by atoms with Crippen molar-refractivity contribution in [2.24, 2.45) is 4.99 Å². The number of carbonyl (C=O) groups is 1. The van der Waals surface area contributed by atoms with Crippen molar-refractivity contribution >= 4 is 23.4 Å². The number of ether oxygens (including phenoxy) is 1. The maximum absolute atomic E-state index is 12.9. The van der Waals surface area contributed by atoms with Gasteiger partial charge in [-0.15, -0.1) is 0 Å². The number of aliphatic hydroxyl groups is 1. The third-order valence-corrected chi connectivity index (χ3v) is 3.50. The number of halogens is 3. The summed E-state index contributed by atoms with van der Waals surface area (Å²) in [5, 5.41) is 10.2. The van der Waals surface area contributed by atoms with E-state index in [9.17, 15) is 23.1 Å². The summed E-state index contributed by atoms with van der Waals surface area (Å²) in [4.78, 5) is 15.6. The Morgan fingerprint density at radius 3 is 2.15 bits per heavy atom. The van der Waals surface area contributed by atoms with Gasteiger partial charge in [0.2, 0.25) is 0 Å². The lowest BCUT2D eigenvalue weighted by Gasteiger charge is -2.09. The van der Waals surface area contributed by atoms with Crippen LogP contribution in [0.2, 0.25) is 0 Å². The molecule has 4 nitrogen and oxygen atoms in total. The molecule has 2 rings (SSSR count). The lowest BCUT2D eigenvalue weighted by molar-refractivity contribution is -0.165. The molecule has 0 aliphatic carbocycles. The monoisotopic (exact) mass is 363 g/mol. The fourth-order valence-corrected chi connectivity index (χ4v) is 2.05. The Hall–Kier alpha value is -3.09. The highest BCUT2D eigenvalue weighted by atomic mass is 19.4. The maximum Gasteiger partial charge on any atom is 0.455 e. The van der Waals surface area contributed by atoms with E-state index >= 15 is 0 Å². The van der Waals surface area contributed by atoms with Crippen LogP contribution in [0.5, 0.6) is 5.75 Å². The van der Waals surface area contributed by atoms with Crippen molar-refractivity contribution < 1.29 is 27.8 Å². The summed E-state index contributed by atoms with van der Waals surface area (Å²) in [5.41, 5.74) is 0.314. The predicted octanol–water partition coefficient (Wildman–Crippen LogP) is 4.81. The van der Waals surface area contributed by atoms with Crippen LogP contribution in [0, 0.1) is 6.92 Å². The van der Waals surface area contributed by atoms with Gasteiger partial charge in [-0.25, -0.2) is 0 Å². The number of nitrogens with zero attached hydrogens (tertiary/aromatic N) is 1. The van der Waals surface area contributed by atoms with Crippen LogP contribution in [-0.4, -0.2) is 30.4 Å². The average Bonchev–Trinajstić information content (AvgIpc) is 2.62. The summed E-state index contributed by atoms with van der Waals surface area (Å²) >= 11 is 0. The van der Waals surface area contributed by atoms with Crippen LogP contribution in [0.15, 0.2) is 59.1 Å². The molecule has 0 aliphatic heterocycles. The molecule has 0 fully saturated rings. The Balaban J connectivity index is 2.46. The zero-order chi connectivity index (χ0) is 19.3. The van der Waals surface area contributed by atoms with E-state index in [4.69, 9.17) is 4.74 Å². The molecule has 0 radical (unpaired) electrons. The van der Waals surface area contributed by atoms with Gasteiger partial charge in [0.15, 0.2) is 0 Å². The highest BCUT2D eigenvalue weighted by molar-refractivity contribution is 6.20. The van der Waals surface area contributed by atoms with Gasteiger partial charge in [-0.3, -0.25) is 9.79 Å². The first-order valence-corrected chi connectivity index (χ1v) is 7.52. The molecule has 0 spiro atoms. The number of hydrogen-bond acceptors (Lipinski definition) is 4. The van der Waals surface area contributed by atoms with Gasteiger partial charge in [0.05, 0.1) is 18.4 Å². The van der Waals surface area contributed by atoms with Gasteiger partial charge in [-0.1, -0.05) is 29.8 Å². The van der Waals surface area contributed by atoms with E-state index < -0.39 is 23.3 Å². The number of aliphatic hydroxyl groups excluding tert-OH is 1. The number of hydrogen-bond donors (Lipinski definition) is 1. The van der Waals surface area contributed by atoms with Crippen molar-refractivity contribution in [3.05, 3.63) is 65.2 Å². The van der Waals surface area contributed by atoms with Gasteiger partial charge in [0, 0.05) is 11.8 Å². The van der Waals surface area contributed by atoms with Crippen molar-refractivity contribution in [2.45, 2.75) is 13.1 Å². The van der Waals surface area contributed by atoms with Crippen LogP contribution >= 0.6 is 0 Å². The Morgan fingerprint density at radius 2 is 1.65 bits per heavy atom. The number of alkyl halides is 3. The first kappa shape index (κ1) is 19.2. The third-order valence-electron chi connectivity index (χ3n) is 3.50. The Bertz CT molecular complexity index is 836. The number of aliphatic imine (C=N–C) groups is 1. The second-order valence-electron chi connectivity index (χ2n) is 5.41. The zero-order valence-corrected chi connectivity index (χ0v) is 14.0. The van der Waals surface area contributed by atoms with E-state index in [1.807, 2.05) is 0 Å². The maximum atomic E-state index is 12.9. The van der Waals surface area contributed by atoms with Crippen molar-refractivity contribution in [2.75, 3.05) is 7.11 Å². The van der Waals surface area contributed by atoms with Crippen LogP contribution in [0.25, 0.3) is 5.76 Å². The van der Waals surface area contributed by atoms with E-state index in [2.05, 4.69) is 4.99 Å².